The van der Waals surface area contributed by atoms with Crippen LogP contribution in [-0.2, 0) is 9.73 Å². The Bertz CT molecular complexity index is 682. The van der Waals surface area contributed by atoms with Crippen LogP contribution < -0.4 is 0 Å². The molecule has 1 rings (SSSR count). The van der Waals surface area contributed by atoms with Crippen molar-refractivity contribution < 1.29 is 4.21 Å². The van der Waals surface area contributed by atoms with E-state index in [1.807, 2.05) is 27.1 Å². The highest BCUT2D eigenvalue weighted by Crippen LogP contribution is 2.32. The molecule has 20 heavy (non-hydrogen) atoms. The normalized spacial score (nSPS) is 13.8. The fraction of sp³-hybridized carbons (Fsp3) is 0.385. The third-order valence-corrected chi connectivity index (χ3v) is 4.39. The Labute approximate surface area is 125 Å². The van der Waals surface area contributed by atoms with Crippen molar-refractivity contribution in [2.75, 3.05) is 26.1 Å². The van der Waals surface area contributed by atoms with Crippen LogP contribution in [0.4, 0.5) is 11.4 Å². The van der Waals surface area contributed by atoms with E-state index in [1.54, 1.807) is 23.6 Å². The Morgan fingerprint density at radius 3 is 2.65 bits per heavy atom. The molecule has 0 amide bonds. The topological polar surface area (TPSA) is 68.8 Å². The molecule has 0 heterocycles. The fourth-order valence-electron chi connectivity index (χ4n) is 1.31. The zero-order valence-electron chi connectivity index (χ0n) is 11.9. The minimum absolute atomic E-state index is 0.256. The van der Waals surface area contributed by atoms with E-state index in [1.165, 1.54) is 6.07 Å². The second-order valence-corrected chi connectivity index (χ2v) is 7.57. The van der Waals surface area contributed by atoms with E-state index in [0.29, 0.717) is 17.1 Å². The molecule has 0 fully saturated rings. The summed E-state index contributed by atoms with van der Waals surface area (Å²) >= 11 is 6.06. The molecule has 0 radical (unpaired) electrons. The first-order chi connectivity index (χ1) is 9.29. The molecule has 0 spiro atoms. The van der Waals surface area contributed by atoms with Crippen molar-refractivity contribution in [3.8, 4) is 6.07 Å². The summed E-state index contributed by atoms with van der Waals surface area (Å²) < 4.78 is 16.2. The van der Waals surface area contributed by atoms with Gasteiger partial charge in [-0.2, -0.15) is 9.62 Å². The standard InChI is InChI=1S/C13H17ClN4OS/c1-5-20(4,19)17-10-6-12(14)11(8-15)13(7-10)16-9-18(2)3/h6-7,9H,5H2,1-4H3/b16-9-. The summed E-state index contributed by atoms with van der Waals surface area (Å²) in [6, 6.07) is 5.16. The van der Waals surface area contributed by atoms with Crippen LogP contribution in [0.25, 0.3) is 0 Å². The highest BCUT2D eigenvalue weighted by molar-refractivity contribution is 7.93. The summed E-state index contributed by atoms with van der Waals surface area (Å²) in [6.07, 6.45) is 3.15. The molecule has 0 bridgehead atoms. The van der Waals surface area contributed by atoms with E-state index in [9.17, 15) is 4.21 Å². The Morgan fingerprint density at radius 1 is 1.50 bits per heavy atom. The number of hydrogen-bond donors (Lipinski definition) is 0. The van der Waals surface area contributed by atoms with Gasteiger partial charge in [-0.25, -0.2) is 9.20 Å². The molecule has 1 aromatic rings. The van der Waals surface area contributed by atoms with Crippen LogP contribution in [0.5, 0.6) is 0 Å². The maximum Gasteiger partial charge on any atom is 0.103 e. The van der Waals surface area contributed by atoms with E-state index in [-0.39, 0.29) is 10.6 Å². The van der Waals surface area contributed by atoms with Gasteiger partial charge in [0.25, 0.3) is 0 Å². The Kier molecular flexibility index (Phi) is 5.54. The van der Waals surface area contributed by atoms with Crippen molar-refractivity contribution in [1.82, 2.24) is 4.90 Å². The molecule has 0 N–H and O–H groups in total. The second-order valence-electron chi connectivity index (χ2n) is 4.48. The third-order valence-electron chi connectivity index (χ3n) is 2.43. The molecular weight excluding hydrogens is 296 g/mol. The smallest absolute Gasteiger partial charge is 0.103 e. The summed E-state index contributed by atoms with van der Waals surface area (Å²) in [5.74, 6) is 0.445. The van der Waals surface area contributed by atoms with E-state index >= 15 is 0 Å². The number of rotatable bonds is 4. The van der Waals surface area contributed by atoms with Crippen LogP contribution >= 0.6 is 11.6 Å². The van der Waals surface area contributed by atoms with Crippen molar-refractivity contribution in [2.24, 2.45) is 9.36 Å². The number of nitriles is 1. The number of hydrogen-bond acceptors (Lipinski definition) is 4. The zero-order chi connectivity index (χ0) is 15.3. The van der Waals surface area contributed by atoms with E-state index in [2.05, 4.69) is 9.36 Å². The fourth-order valence-corrected chi connectivity index (χ4v) is 2.24. The number of nitrogens with zero attached hydrogens (tertiary/aromatic N) is 4. The van der Waals surface area contributed by atoms with Gasteiger partial charge in [0.05, 0.1) is 28.3 Å². The molecule has 0 aromatic heterocycles. The molecule has 0 aliphatic heterocycles. The van der Waals surface area contributed by atoms with Gasteiger partial charge in [-0.1, -0.05) is 18.5 Å². The van der Waals surface area contributed by atoms with Crippen molar-refractivity contribution in [2.45, 2.75) is 6.92 Å². The SMILES string of the molecule is CCS(C)(=O)=Nc1cc(Cl)c(C#N)c(/N=C\N(C)C)c1. The molecule has 0 saturated heterocycles. The van der Waals surface area contributed by atoms with Crippen LogP contribution in [0.2, 0.25) is 5.02 Å². The average Bonchev–Trinajstić information content (AvgIpc) is 2.35. The molecule has 108 valence electrons. The minimum Gasteiger partial charge on any atom is -0.369 e. The predicted octanol–water partition coefficient (Wildman–Crippen LogP) is 3.18. The first-order valence-electron chi connectivity index (χ1n) is 5.93. The summed E-state index contributed by atoms with van der Waals surface area (Å²) in [4.78, 5) is 5.94. The maximum absolute atomic E-state index is 12.0. The van der Waals surface area contributed by atoms with Gasteiger partial charge in [-0.3, -0.25) is 0 Å². The Morgan fingerprint density at radius 2 is 2.15 bits per heavy atom. The highest BCUT2D eigenvalue weighted by Gasteiger charge is 2.09. The molecule has 0 saturated carbocycles. The lowest BCUT2D eigenvalue weighted by molar-refractivity contribution is 0.643. The monoisotopic (exact) mass is 312 g/mol. The average molecular weight is 313 g/mol. The molecule has 7 heteroatoms. The van der Waals surface area contributed by atoms with Crippen LogP contribution in [0.1, 0.15) is 12.5 Å². The summed E-state index contributed by atoms with van der Waals surface area (Å²) in [5.41, 5.74) is 1.16. The van der Waals surface area contributed by atoms with Gasteiger partial charge in [0, 0.05) is 35.8 Å². The Hall–Kier alpha value is -1.58. The van der Waals surface area contributed by atoms with Crippen LogP contribution in [-0.4, -0.2) is 41.6 Å². The maximum atomic E-state index is 12.0. The second kappa shape index (κ2) is 6.73. The molecule has 1 unspecified atom stereocenters. The lowest BCUT2D eigenvalue weighted by atomic mass is 10.2. The quantitative estimate of drug-likeness (QED) is 0.633. The van der Waals surface area contributed by atoms with Gasteiger partial charge in [0.2, 0.25) is 0 Å². The molecular formula is C13H17ClN4OS. The highest BCUT2D eigenvalue weighted by atomic mass is 35.5. The number of aliphatic imine (C=N–C) groups is 1. The predicted molar refractivity (Wildman–Crippen MR) is 84.7 cm³/mol. The summed E-state index contributed by atoms with van der Waals surface area (Å²) in [6.45, 7) is 1.81. The first-order valence-corrected chi connectivity index (χ1v) is 8.40. The van der Waals surface area contributed by atoms with Crippen LogP contribution in [0.3, 0.4) is 0 Å². The molecule has 5 nitrogen and oxygen atoms in total. The summed E-state index contributed by atoms with van der Waals surface area (Å²) in [7, 11) is 1.36. The first kappa shape index (κ1) is 16.5. The van der Waals surface area contributed by atoms with Gasteiger partial charge >= 0.3 is 0 Å². The van der Waals surface area contributed by atoms with Crippen LogP contribution in [0, 0.1) is 11.3 Å². The van der Waals surface area contributed by atoms with Gasteiger partial charge < -0.3 is 4.90 Å². The van der Waals surface area contributed by atoms with E-state index in [4.69, 9.17) is 16.9 Å². The molecule has 1 atom stereocenters. The van der Waals surface area contributed by atoms with Crippen molar-refractivity contribution in [1.29, 1.82) is 5.26 Å². The number of benzene rings is 1. The van der Waals surface area contributed by atoms with E-state index < -0.39 is 9.73 Å². The molecule has 0 aliphatic rings. The molecule has 1 aromatic carbocycles. The number of halogens is 1. The van der Waals surface area contributed by atoms with Gasteiger partial charge in [-0.05, 0) is 12.1 Å². The minimum atomic E-state index is -2.29. The van der Waals surface area contributed by atoms with Gasteiger partial charge in [0.1, 0.15) is 6.07 Å². The largest absolute Gasteiger partial charge is 0.369 e. The Balaban J connectivity index is 3.44. The van der Waals surface area contributed by atoms with E-state index in [0.717, 1.165) is 0 Å². The third kappa shape index (κ3) is 4.51. The van der Waals surface area contributed by atoms with Gasteiger partial charge in [0.15, 0.2) is 0 Å². The van der Waals surface area contributed by atoms with Crippen molar-refractivity contribution in [3.05, 3.63) is 22.7 Å². The van der Waals surface area contributed by atoms with Crippen molar-refractivity contribution in [3.63, 3.8) is 0 Å². The van der Waals surface area contributed by atoms with Crippen LogP contribution in [0.15, 0.2) is 21.5 Å². The molecule has 0 aliphatic carbocycles. The van der Waals surface area contributed by atoms with Crippen molar-refractivity contribution >= 4 is 39.0 Å². The summed E-state index contributed by atoms with van der Waals surface area (Å²) in [5, 5.41) is 9.38. The lowest BCUT2D eigenvalue weighted by Gasteiger charge is -2.06. The lowest BCUT2D eigenvalue weighted by Crippen LogP contribution is -2.07. The zero-order valence-corrected chi connectivity index (χ0v) is 13.5. The van der Waals surface area contributed by atoms with Gasteiger partial charge in [-0.15, -0.1) is 0 Å².